The van der Waals surface area contributed by atoms with Gasteiger partial charge in [-0.05, 0) is 35.1 Å². The van der Waals surface area contributed by atoms with Crippen LogP contribution in [-0.2, 0) is 14.3 Å². The van der Waals surface area contributed by atoms with E-state index in [0.717, 1.165) is 22.3 Å². The van der Waals surface area contributed by atoms with Crippen molar-refractivity contribution in [3.63, 3.8) is 0 Å². The van der Waals surface area contributed by atoms with Crippen LogP contribution < -0.4 is 0 Å². The first-order chi connectivity index (χ1) is 13.6. The molecule has 1 heterocycles. The monoisotopic (exact) mass is 381 g/mol. The number of likely N-dealkylation sites (tertiary alicyclic amines) is 1. The van der Waals surface area contributed by atoms with Gasteiger partial charge in [0.1, 0.15) is 6.61 Å². The van der Waals surface area contributed by atoms with Crippen LogP contribution in [0.5, 0.6) is 0 Å². The van der Waals surface area contributed by atoms with E-state index in [1.54, 1.807) is 0 Å². The lowest BCUT2D eigenvalue weighted by molar-refractivity contribution is -0.152. The Morgan fingerprint density at radius 2 is 1.68 bits per heavy atom. The van der Waals surface area contributed by atoms with Crippen LogP contribution >= 0.6 is 0 Å². The number of carbonyl (C=O) groups excluding carboxylic acids is 2. The van der Waals surface area contributed by atoms with Gasteiger partial charge >= 0.3 is 12.1 Å². The Bertz CT molecular complexity index is 851. The lowest BCUT2D eigenvalue weighted by atomic mass is 9.98. The number of nitrogens with zero attached hydrogens (tertiary/aromatic N) is 1. The Hall–Kier alpha value is -2.86. The summed E-state index contributed by atoms with van der Waals surface area (Å²) in [6, 6.07) is 15.2. The number of fused-ring (bicyclic) bond motifs is 3. The van der Waals surface area contributed by atoms with E-state index in [-0.39, 0.29) is 12.5 Å². The van der Waals surface area contributed by atoms with Crippen LogP contribution in [0.4, 0.5) is 4.79 Å². The van der Waals surface area contributed by atoms with Gasteiger partial charge in [0, 0.05) is 12.5 Å². The standard InChI is InChI=1S/C22H23NO5/c1-27-21(25)20-19(24)11-6-12-23(20)22(26)28-13-18-16-9-4-2-7-14(16)15-8-3-5-10-17(15)18/h2-5,7-10,18-20,24H,6,11-13H2,1H3/t19-,20+/m1/s1. The molecule has 1 aliphatic carbocycles. The molecular weight excluding hydrogens is 358 g/mol. The fourth-order valence-corrected chi connectivity index (χ4v) is 4.26. The van der Waals surface area contributed by atoms with E-state index in [0.29, 0.717) is 19.4 Å². The second-order valence-corrected chi connectivity index (χ2v) is 7.17. The summed E-state index contributed by atoms with van der Waals surface area (Å²) in [5.74, 6) is -0.677. The highest BCUT2D eigenvalue weighted by Crippen LogP contribution is 2.44. The number of aliphatic hydroxyl groups excluding tert-OH is 1. The minimum Gasteiger partial charge on any atom is -0.467 e. The molecule has 6 heteroatoms. The molecule has 1 aliphatic heterocycles. The highest BCUT2D eigenvalue weighted by molar-refractivity contribution is 5.83. The summed E-state index contributed by atoms with van der Waals surface area (Å²) < 4.78 is 10.4. The summed E-state index contributed by atoms with van der Waals surface area (Å²) in [4.78, 5) is 26.1. The lowest BCUT2D eigenvalue weighted by Gasteiger charge is -2.36. The van der Waals surface area contributed by atoms with Crippen LogP contribution in [0, 0.1) is 0 Å². The first-order valence-electron chi connectivity index (χ1n) is 9.49. The molecule has 0 bridgehead atoms. The van der Waals surface area contributed by atoms with E-state index in [1.165, 1.54) is 12.0 Å². The number of hydrogen-bond donors (Lipinski definition) is 1. The number of piperidine rings is 1. The molecular formula is C22H23NO5. The van der Waals surface area contributed by atoms with Crippen molar-refractivity contribution in [2.24, 2.45) is 0 Å². The largest absolute Gasteiger partial charge is 0.467 e. The highest BCUT2D eigenvalue weighted by Gasteiger charge is 2.40. The molecule has 2 atom stereocenters. The average Bonchev–Trinajstić information content (AvgIpc) is 3.05. The van der Waals surface area contributed by atoms with Crippen LogP contribution in [0.1, 0.15) is 29.9 Å². The van der Waals surface area contributed by atoms with E-state index >= 15 is 0 Å². The van der Waals surface area contributed by atoms with Crippen molar-refractivity contribution in [1.29, 1.82) is 0 Å². The maximum absolute atomic E-state index is 12.7. The summed E-state index contributed by atoms with van der Waals surface area (Å²) in [5.41, 5.74) is 4.55. The fraction of sp³-hybridized carbons (Fsp3) is 0.364. The molecule has 28 heavy (non-hydrogen) atoms. The fourth-order valence-electron chi connectivity index (χ4n) is 4.26. The van der Waals surface area contributed by atoms with Gasteiger partial charge < -0.3 is 14.6 Å². The van der Waals surface area contributed by atoms with Crippen molar-refractivity contribution in [2.75, 3.05) is 20.3 Å². The third-order valence-electron chi connectivity index (χ3n) is 5.61. The van der Waals surface area contributed by atoms with Crippen LogP contribution in [0.3, 0.4) is 0 Å². The van der Waals surface area contributed by atoms with Crippen LogP contribution in [0.25, 0.3) is 11.1 Å². The molecule has 2 aromatic carbocycles. The molecule has 1 N–H and O–H groups in total. The minimum absolute atomic E-state index is 0.0531. The molecule has 4 rings (SSSR count). The van der Waals surface area contributed by atoms with Gasteiger partial charge in [0.05, 0.1) is 13.2 Å². The molecule has 6 nitrogen and oxygen atoms in total. The second kappa shape index (κ2) is 7.64. The van der Waals surface area contributed by atoms with Crippen LogP contribution in [0.2, 0.25) is 0 Å². The number of rotatable bonds is 3. The van der Waals surface area contributed by atoms with Gasteiger partial charge in [-0.3, -0.25) is 4.90 Å². The minimum atomic E-state index is -1.02. The van der Waals surface area contributed by atoms with Crippen molar-refractivity contribution in [1.82, 2.24) is 4.90 Å². The highest BCUT2D eigenvalue weighted by atomic mass is 16.6. The van der Waals surface area contributed by atoms with Gasteiger partial charge in [-0.15, -0.1) is 0 Å². The van der Waals surface area contributed by atoms with Gasteiger partial charge in [0.25, 0.3) is 0 Å². The van der Waals surface area contributed by atoms with Gasteiger partial charge in [-0.1, -0.05) is 48.5 Å². The van der Waals surface area contributed by atoms with E-state index in [4.69, 9.17) is 9.47 Å². The maximum Gasteiger partial charge on any atom is 0.410 e. The first kappa shape index (κ1) is 18.5. The molecule has 0 unspecified atom stereocenters. The van der Waals surface area contributed by atoms with Crippen molar-refractivity contribution >= 4 is 12.1 Å². The lowest BCUT2D eigenvalue weighted by Crippen LogP contribution is -2.55. The molecule has 0 radical (unpaired) electrons. The normalized spacial score (nSPS) is 21.0. The van der Waals surface area contributed by atoms with E-state index < -0.39 is 24.2 Å². The molecule has 1 amide bonds. The summed E-state index contributed by atoms with van der Waals surface area (Å²) in [6.07, 6.45) is -0.483. The van der Waals surface area contributed by atoms with Crippen molar-refractivity contribution < 1.29 is 24.2 Å². The molecule has 1 fully saturated rings. The number of esters is 1. The number of benzene rings is 2. The van der Waals surface area contributed by atoms with E-state index in [2.05, 4.69) is 24.3 Å². The molecule has 0 aromatic heterocycles. The zero-order valence-corrected chi connectivity index (χ0v) is 15.7. The summed E-state index contributed by atoms with van der Waals surface area (Å²) >= 11 is 0. The second-order valence-electron chi connectivity index (χ2n) is 7.17. The Kier molecular flexibility index (Phi) is 5.05. The molecule has 0 saturated carbocycles. The van der Waals surface area contributed by atoms with E-state index in [1.807, 2.05) is 24.3 Å². The van der Waals surface area contributed by atoms with Crippen LogP contribution in [0.15, 0.2) is 48.5 Å². The number of aliphatic hydroxyl groups is 1. The Morgan fingerprint density at radius 1 is 1.07 bits per heavy atom. The summed E-state index contributed by atoms with van der Waals surface area (Å²) in [7, 11) is 1.25. The molecule has 2 aromatic rings. The third kappa shape index (κ3) is 3.14. The summed E-state index contributed by atoms with van der Waals surface area (Å²) in [5, 5.41) is 10.2. The number of amides is 1. The van der Waals surface area contributed by atoms with Gasteiger partial charge in [-0.2, -0.15) is 0 Å². The van der Waals surface area contributed by atoms with Gasteiger partial charge in [-0.25, -0.2) is 9.59 Å². The number of methoxy groups -OCH3 is 1. The molecule has 146 valence electrons. The van der Waals surface area contributed by atoms with Crippen molar-refractivity contribution in [2.45, 2.75) is 30.9 Å². The molecule has 1 saturated heterocycles. The SMILES string of the molecule is COC(=O)[C@@H]1[C@H](O)CCCN1C(=O)OCC1c2ccccc2-c2ccccc21. The number of hydrogen-bond acceptors (Lipinski definition) is 5. The van der Waals surface area contributed by atoms with Gasteiger partial charge in [0.15, 0.2) is 6.04 Å². The Labute approximate surface area is 163 Å². The third-order valence-corrected chi connectivity index (χ3v) is 5.61. The average molecular weight is 381 g/mol. The Morgan fingerprint density at radius 3 is 2.29 bits per heavy atom. The zero-order chi connectivity index (χ0) is 19.7. The summed E-state index contributed by atoms with van der Waals surface area (Å²) in [6.45, 7) is 0.529. The predicted molar refractivity (Wildman–Crippen MR) is 103 cm³/mol. The smallest absolute Gasteiger partial charge is 0.410 e. The zero-order valence-electron chi connectivity index (χ0n) is 15.7. The van der Waals surface area contributed by atoms with E-state index in [9.17, 15) is 14.7 Å². The maximum atomic E-state index is 12.7. The first-order valence-corrected chi connectivity index (χ1v) is 9.49. The molecule has 2 aliphatic rings. The topological polar surface area (TPSA) is 76.1 Å². The van der Waals surface area contributed by atoms with Crippen molar-refractivity contribution in [3.05, 3.63) is 59.7 Å². The number of ether oxygens (including phenoxy) is 2. The molecule has 0 spiro atoms. The van der Waals surface area contributed by atoms with Crippen LogP contribution in [-0.4, -0.2) is 54.5 Å². The van der Waals surface area contributed by atoms with Gasteiger partial charge in [0.2, 0.25) is 0 Å². The number of carbonyl (C=O) groups is 2. The quantitative estimate of drug-likeness (QED) is 0.828. The predicted octanol–water partition coefficient (Wildman–Crippen LogP) is 2.93. The van der Waals surface area contributed by atoms with Crippen molar-refractivity contribution in [3.8, 4) is 11.1 Å². The Balaban J connectivity index is 1.53.